The predicted molar refractivity (Wildman–Crippen MR) is 95.7 cm³/mol. The summed E-state index contributed by atoms with van der Waals surface area (Å²) >= 11 is 5.56. The number of nitrogens with zero attached hydrogens (tertiary/aromatic N) is 3. The van der Waals surface area contributed by atoms with Gasteiger partial charge in [-0.05, 0) is 36.5 Å². The average Bonchev–Trinajstić information content (AvgIpc) is 2.62. The number of morpholine rings is 1. The monoisotopic (exact) mass is 324 g/mol. The van der Waals surface area contributed by atoms with Crippen LogP contribution in [-0.2, 0) is 4.74 Å². The van der Waals surface area contributed by atoms with Gasteiger partial charge in [-0.2, -0.15) is 0 Å². The van der Waals surface area contributed by atoms with E-state index in [9.17, 15) is 0 Å². The first-order valence-electron chi connectivity index (χ1n) is 7.59. The number of anilines is 1. The van der Waals surface area contributed by atoms with Crippen molar-refractivity contribution in [2.24, 2.45) is 0 Å². The Labute approximate surface area is 139 Å². The highest BCUT2D eigenvalue weighted by Crippen LogP contribution is 2.29. The molecule has 1 aliphatic heterocycles. The third-order valence-corrected chi connectivity index (χ3v) is 4.36. The molecule has 3 heterocycles. The zero-order valence-corrected chi connectivity index (χ0v) is 13.3. The molecular weight excluding hydrogens is 308 g/mol. The van der Waals surface area contributed by atoms with Crippen LogP contribution < -0.4 is 5.32 Å². The molecule has 2 aromatic heterocycles. The van der Waals surface area contributed by atoms with Crippen LogP contribution in [0.5, 0.6) is 0 Å². The lowest BCUT2D eigenvalue weighted by molar-refractivity contribution is 0.0690. The Morgan fingerprint density at radius 2 is 1.83 bits per heavy atom. The summed E-state index contributed by atoms with van der Waals surface area (Å²) < 4.78 is 5.38. The van der Waals surface area contributed by atoms with Crippen molar-refractivity contribution in [3.05, 3.63) is 42.7 Å². The highest BCUT2D eigenvalue weighted by Gasteiger charge is 2.15. The average molecular weight is 324 g/mol. The van der Waals surface area contributed by atoms with Crippen LogP contribution in [0.25, 0.3) is 21.8 Å². The SMILES string of the molecule is S=C(Nc1cc2cccnc2c2ncccc12)N1CCOCC1. The smallest absolute Gasteiger partial charge is 0.173 e. The fourth-order valence-corrected chi connectivity index (χ4v) is 3.13. The molecule has 3 aromatic rings. The van der Waals surface area contributed by atoms with Gasteiger partial charge in [-0.1, -0.05) is 6.07 Å². The molecule has 116 valence electrons. The minimum Gasteiger partial charge on any atom is -0.378 e. The quantitative estimate of drug-likeness (QED) is 0.549. The molecule has 0 aliphatic carbocycles. The molecule has 0 saturated carbocycles. The minimum atomic E-state index is 0.714. The van der Waals surface area contributed by atoms with Gasteiger partial charge in [0.2, 0.25) is 0 Å². The van der Waals surface area contributed by atoms with Crippen LogP contribution in [0.1, 0.15) is 0 Å². The molecule has 1 N–H and O–H groups in total. The number of ether oxygens (including phenoxy) is 1. The van der Waals surface area contributed by atoms with Crippen molar-refractivity contribution < 1.29 is 4.74 Å². The Hall–Kier alpha value is -2.31. The molecule has 1 saturated heterocycles. The van der Waals surface area contributed by atoms with Crippen molar-refractivity contribution in [3.8, 4) is 0 Å². The highest BCUT2D eigenvalue weighted by atomic mass is 32.1. The second-order valence-corrected chi connectivity index (χ2v) is 5.82. The predicted octanol–water partition coefficient (Wildman–Crippen LogP) is 2.81. The van der Waals surface area contributed by atoms with Gasteiger partial charge in [0.1, 0.15) is 0 Å². The van der Waals surface area contributed by atoms with Gasteiger partial charge in [0, 0.05) is 36.3 Å². The van der Waals surface area contributed by atoms with Crippen molar-refractivity contribution in [1.82, 2.24) is 14.9 Å². The van der Waals surface area contributed by atoms with E-state index in [4.69, 9.17) is 17.0 Å². The van der Waals surface area contributed by atoms with Gasteiger partial charge in [-0.3, -0.25) is 9.97 Å². The second kappa shape index (κ2) is 6.06. The summed E-state index contributed by atoms with van der Waals surface area (Å²) in [6.07, 6.45) is 3.59. The van der Waals surface area contributed by atoms with Crippen molar-refractivity contribution in [2.75, 3.05) is 31.6 Å². The number of thiocarbonyl (C=S) groups is 1. The Bertz CT molecular complexity index is 877. The van der Waals surface area contributed by atoms with Crippen LogP contribution >= 0.6 is 12.2 Å². The molecule has 0 radical (unpaired) electrons. The molecule has 5 nitrogen and oxygen atoms in total. The lowest BCUT2D eigenvalue weighted by atomic mass is 10.1. The second-order valence-electron chi connectivity index (χ2n) is 5.43. The maximum Gasteiger partial charge on any atom is 0.173 e. The van der Waals surface area contributed by atoms with Gasteiger partial charge in [0.05, 0.1) is 29.9 Å². The minimum absolute atomic E-state index is 0.714. The fourth-order valence-electron chi connectivity index (χ4n) is 2.84. The van der Waals surface area contributed by atoms with E-state index in [-0.39, 0.29) is 0 Å². The largest absolute Gasteiger partial charge is 0.378 e. The number of aromatic nitrogens is 2. The number of hydrogen-bond acceptors (Lipinski definition) is 4. The molecule has 0 bridgehead atoms. The van der Waals surface area contributed by atoms with Gasteiger partial charge >= 0.3 is 0 Å². The number of rotatable bonds is 1. The summed E-state index contributed by atoms with van der Waals surface area (Å²) in [7, 11) is 0. The Morgan fingerprint density at radius 3 is 2.65 bits per heavy atom. The van der Waals surface area contributed by atoms with E-state index in [0.717, 1.165) is 45.7 Å². The number of fused-ring (bicyclic) bond motifs is 3. The van der Waals surface area contributed by atoms with Crippen molar-refractivity contribution in [2.45, 2.75) is 0 Å². The number of benzene rings is 1. The van der Waals surface area contributed by atoms with E-state index in [1.807, 2.05) is 24.3 Å². The molecule has 0 unspecified atom stereocenters. The Balaban J connectivity index is 1.77. The molecular formula is C17H16N4OS. The van der Waals surface area contributed by atoms with E-state index < -0.39 is 0 Å². The first-order valence-corrected chi connectivity index (χ1v) is 8.00. The van der Waals surface area contributed by atoms with Crippen molar-refractivity contribution >= 4 is 44.8 Å². The fraction of sp³-hybridized carbons (Fsp3) is 0.235. The van der Waals surface area contributed by atoms with Crippen LogP contribution in [0.4, 0.5) is 5.69 Å². The van der Waals surface area contributed by atoms with E-state index >= 15 is 0 Å². The summed E-state index contributed by atoms with van der Waals surface area (Å²) in [5.74, 6) is 0. The standard InChI is InChI=1S/C17H16N4OS/c23-17(21-7-9-22-10-8-21)20-14-11-12-3-1-5-18-15(12)16-13(14)4-2-6-19-16/h1-6,11H,7-10H2,(H,20,23). The Morgan fingerprint density at radius 1 is 1.09 bits per heavy atom. The van der Waals surface area contributed by atoms with Gasteiger partial charge in [0.15, 0.2) is 5.11 Å². The van der Waals surface area contributed by atoms with Gasteiger partial charge in [-0.15, -0.1) is 0 Å². The van der Waals surface area contributed by atoms with Gasteiger partial charge < -0.3 is 15.0 Å². The molecule has 1 aliphatic rings. The summed E-state index contributed by atoms with van der Waals surface area (Å²) in [4.78, 5) is 11.1. The molecule has 1 fully saturated rings. The zero-order chi connectivity index (χ0) is 15.6. The third kappa shape index (κ3) is 2.71. The topological polar surface area (TPSA) is 50.3 Å². The van der Waals surface area contributed by atoms with Crippen LogP contribution in [0.2, 0.25) is 0 Å². The maximum absolute atomic E-state index is 5.56. The number of pyridine rings is 2. The number of nitrogens with one attached hydrogen (secondary N) is 1. The van der Waals surface area contributed by atoms with E-state index in [1.165, 1.54) is 0 Å². The molecule has 0 spiro atoms. The summed E-state index contributed by atoms with van der Waals surface area (Å²) in [5, 5.41) is 6.17. The molecule has 6 heteroatoms. The molecule has 4 rings (SSSR count). The van der Waals surface area contributed by atoms with Crippen LogP contribution in [0.3, 0.4) is 0 Å². The van der Waals surface area contributed by atoms with Crippen molar-refractivity contribution in [1.29, 1.82) is 0 Å². The molecule has 0 amide bonds. The normalized spacial score (nSPS) is 15.0. The van der Waals surface area contributed by atoms with Crippen LogP contribution in [-0.4, -0.2) is 46.3 Å². The van der Waals surface area contributed by atoms with Gasteiger partial charge in [-0.25, -0.2) is 0 Å². The molecule has 1 aromatic carbocycles. The van der Waals surface area contributed by atoms with Crippen LogP contribution in [0.15, 0.2) is 42.7 Å². The summed E-state index contributed by atoms with van der Waals surface area (Å²) in [5.41, 5.74) is 2.76. The first kappa shape index (κ1) is 14.3. The number of hydrogen-bond donors (Lipinski definition) is 1. The zero-order valence-electron chi connectivity index (χ0n) is 12.5. The molecule has 23 heavy (non-hydrogen) atoms. The highest BCUT2D eigenvalue weighted by molar-refractivity contribution is 7.80. The van der Waals surface area contributed by atoms with E-state index in [0.29, 0.717) is 13.2 Å². The van der Waals surface area contributed by atoms with Crippen LogP contribution in [0, 0.1) is 0 Å². The lowest BCUT2D eigenvalue weighted by Gasteiger charge is -2.29. The first-order chi connectivity index (χ1) is 11.3. The van der Waals surface area contributed by atoms with Crippen molar-refractivity contribution in [3.63, 3.8) is 0 Å². The summed E-state index contributed by atoms with van der Waals surface area (Å²) in [6.45, 7) is 3.06. The lowest BCUT2D eigenvalue weighted by Crippen LogP contribution is -2.42. The Kier molecular flexibility index (Phi) is 3.77. The summed E-state index contributed by atoms with van der Waals surface area (Å²) in [6, 6.07) is 10.0. The third-order valence-electron chi connectivity index (χ3n) is 4.00. The molecule has 0 atom stereocenters. The van der Waals surface area contributed by atoms with Gasteiger partial charge in [0.25, 0.3) is 0 Å². The van der Waals surface area contributed by atoms with E-state index in [1.54, 1.807) is 12.4 Å². The van der Waals surface area contributed by atoms with E-state index in [2.05, 4.69) is 26.3 Å². The maximum atomic E-state index is 5.56.